The molecule has 0 amide bonds. The highest BCUT2D eigenvalue weighted by Crippen LogP contribution is 2.51. The van der Waals surface area contributed by atoms with Crippen molar-refractivity contribution in [1.29, 1.82) is 0 Å². The topological polar surface area (TPSA) is 43.1 Å². The van der Waals surface area contributed by atoms with E-state index in [-0.39, 0.29) is 0 Å². The van der Waals surface area contributed by atoms with E-state index in [2.05, 4.69) is 53.7 Å². The first-order valence-electron chi connectivity index (χ1n) is 7.18. The Balaban J connectivity index is 2.03. The van der Waals surface area contributed by atoms with Crippen LogP contribution in [-0.4, -0.2) is 21.5 Å². The van der Waals surface area contributed by atoms with E-state index in [1.54, 1.807) is 11.0 Å². The van der Waals surface area contributed by atoms with Crippen LogP contribution in [0.5, 0.6) is 0 Å². The number of hydrogen-bond acceptors (Lipinski definition) is 3. The van der Waals surface area contributed by atoms with Crippen molar-refractivity contribution in [1.82, 2.24) is 14.8 Å². The summed E-state index contributed by atoms with van der Waals surface area (Å²) in [6.45, 7) is 4.46. The van der Waals surface area contributed by atoms with Gasteiger partial charge in [0.25, 0.3) is 0 Å². The Morgan fingerprint density at radius 3 is 2.78 bits per heavy atom. The van der Waals surface area contributed by atoms with Crippen LogP contribution in [0.4, 0.5) is 0 Å². The van der Waals surface area contributed by atoms with Gasteiger partial charge in [-0.1, -0.05) is 23.7 Å². The second kappa shape index (κ2) is 6.87. The summed E-state index contributed by atoms with van der Waals surface area (Å²) in [5, 5.41) is 4.92. The van der Waals surface area contributed by atoms with Crippen molar-refractivity contribution in [2.75, 3.05) is 0 Å². The van der Waals surface area contributed by atoms with Crippen molar-refractivity contribution in [2.24, 2.45) is 10.9 Å². The summed E-state index contributed by atoms with van der Waals surface area (Å²) in [6, 6.07) is 6.03. The standard InChI is InChI=1S/C16H15Br2ClN4/c1-20-16(12-3-4-12,8-23-10-21-9-22-23)13-5-2-11(6-14(13)19)7-15(17)18/h2,5-7,9-10,12H,1,3-4,8H2. The lowest BCUT2D eigenvalue weighted by atomic mass is 9.85. The SMILES string of the molecule is C=NC(Cn1cncn1)(c1ccc(C=C(Br)Br)cc1Cl)C1CC1. The molecule has 7 heteroatoms. The molecule has 3 rings (SSSR count). The van der Waals surface area contributed by atoms with Gasteiger partial charge in [-0.25, -0.2) is 4.98 Å². The van der Waals surface area contributed by atoms with E-state index in [1.165, 1.54) is 6.33 Å². The molecule has 4 nitrogen and oxygen atoms in total. The zero-order valence-electron chi connectivity index (χ0n) is 12.3. The van der Waals surface area contributed by atoms with Gasteiger partial charge in [-0.2, -0.15) is 5.10 Å². The van der Waals surface area contributed by atoms with E-state index in [4.69, 9.17) is 11.6 Å². The van der Waals surface area contributed by atoms with Gasteiger partial charge in [0.15, 0.2) is 0 Å². The van der Waals surface area contributed by atoms with Crippen molar-refractivity contribution in [3.05, 3.63) is 50.4 Å². The van der Waals surface area contributed by atoms with Gasteiger partial charge in [-0.05, 0) is 75.0 Å². The molecule has 0 radical (unpaired) electrons. The second-order valence-corrected chi connectivity index (χ2v) is 8.80. The molecule has 0 N–H and O–H groups in total. The number of aromatic nitrogens is 3. The zero-order valence-corrected chi connectivity index (χ0v) is 16.2. The fourth-order valence-electron chi connectivity index (χ4n) is 2.92. The van der Waals surface area contributed by atoms with Crippen molar-refractivity contribution in [2.45, 2.75) is 24.9 Å². The summed E-state index contributed by atoms with van der Waals surface area (Å²) >= 11 is 13.3. The number of nitrogens with zero attached hydrogens (tertiary/aromatic N) is 4. The third-order valence-electron chi connectivity index (χ3n) is 4.14. The average molecular weight is 459 g/mol. The molecule has 1 aromatic heterocycles. The molecule has 0 spiro atoms. The molecule has 1 aromatic carbocycles. The first-order chi connectivity index (χ1) is 11.0. The van der Waals surface area contributed by atoms with Gasteiger partial charge in [-0.15, -0.1) is 0 Å². The molecule has 1 unspecified atom stereocenters. The second-order valence-electron chi connectivity index (χ2n) is 5.62. The monoisotopic (exact) mass is 456 g/mol. The normalized spacial score (nSPS) is 16.7. The first-order valence-corrected chi connectivity index (χ1v) is 9.14. The average Bonchev–Trinajstić information content (AvgIpc) is 3.23. The van der Waals surface area contributed by atoms with Gasteiger partial charge in [0, 0.05) is 10.6 Å². The predicted octanol–water partition coefficient (Wildman–Crippen LogP) is 5.03. The molecule has 1 aliphatic carbocycles. The Morgan fingerprint density at radius 1 is 1.48 bits per heavy atom. The zero-order chi connectivity index (χ0) is 16.4. The summed E-state index contributed by atoms with van der Waals surface area (Å²) < 4.78 is 2.67. The molecular weight excluding hydrogens is 443 g/mol. The van der Waals surface area contributed by atoms with E-state index in [0.29, 0.717) is 17.5 Å². The van der Waals surface area contributed by atoms with E-state index < -0.39 is 5.54 Å². The fourth-order valence-corrected chi connectivity index (χ4v) is 3.80. The molecule has 1 fully saturated rings. The lowest BCUT2D eigenvalue weighted by Gasteiger charge is -2.31. The number of rotatable bonds is 6. The molecule has 1 saturated carbocycles. The molecule has 23 heavy (non-hydrogen) atoms. The Hall–Kier alpha value is -0.980. The summed E-state index contributed by atoms with van der Waals surface area (Å²) in [5.41, 5.74) is 1.55. The van der Waals surface area contributed by atoms with Crippen LogP contribution >= 0.6 is 43.5 Å². The first kappa shape index (κ1) is 16.9. The van der Waals surface area contributed by atoms with Crippen LogP contribution in [0.3, 0.4) is 0 Å². The molecule has 0 saturated heterocycles. The molecule has 1 aliphatic rings. The van der Waals surface area contributed by atoms with Crippen LogP contribution in [0.25, 0.3) is 6.08 Å². The van der Waals surface area contributed by atoms with Gasteiger partial charge in [0.1, 0.15) is 18.2 Å². The number of benzene rings is 1. The summed E-state index contributed by atoms with van der Waals surface area (Å²) in [7, 11) is 0. The molecular formula is C16H15Br2ClN4. The van der Waals surface area contributed by atoms with Gasteiger partial charge in [0.05, 0.1) is 9.94 Å². The van der Waals surface area contributed by atoms with Crippen molar-refractivity contribution >= 4 is 56.3 Å². The van der Waals surface area contributed by atoms with Crippen molar-refractivity contribution in [3.8, 4) is 0 Å². The number of hydrogen-bond donors (Lipinski definition) is 0. The highest BCUT2D eigenvalue weighted by atomic mass is 79.9. The smallest absolute Gasteiger partial charge is 0.137 e. The van der Waals surface area contributed by atoms with Crippen molar-refractivity contribution < 1.29 is 0 Å². The lowest BCUT2D eigenvalue weighted by Crippen LogP contribution is -2.32. The Labute approximate surface area is 156 Å². The summed E-state index contributed by atoms with van der Waals surface area (Å²) in [5.74, 6) is 0.436. The van der Waals surface area contributed by atoms with Crippen LogP contribution in [0.1, 0.15) is 24.0 Å². The van der Waals surface area contributed by atoms with Crippen LogP contribution < -0.4 is 0 Å². The van der Waals surface area contributed by atoms with Crippen LogP contribution in [0.15, 0.2) is 39.2 Å². The molecule has 2 aromatic rings. The molecule has 0 bridgehead atoms. The van der Waals surface area contributed by atoms with Crippen LogP contribution in [0, 0.1) is 5.92 Å². The Kier molecular flexibility index (Phi) is 5.04. The third-order valence-corrected chi connectivity index (χ3v) is 4.91. The number of halogens is 3. The highest BCUT2D eigenvalue weighted by Gasteiger charge is 2.47. The molecule has 1 heterocycles. The molecule has 0 aliphatic heterocycles. The minimum absolute atomic E-state index is 0.436. The third kappa shape index (κ3) is 3.59. The highest BCUT2D eigenvalue weighted by molar-refractivity contribution is 9.28. The van der Waals surface area contributed by atoms with Gasteiger partial charge >= 0.3 is 0 Å². The maximum absolute atomic E-state index is 6.59. The van der Waals surface area contributed by atoms with E-state index in [1.807, 2.05) is 24.3 Å². The largest absolute Gasteiger partial charge is 0.287 e. The van der Waals surface area contributed by atoms with E-state index in [0.717, 1.165) is 27.4 Å². The lowest BCUT2D eigenvalue weighted by molar-refractivity contribution is 0.316. The summed E-state index contributed by atoms with van der Waals surface area (Å²) in [6.07, 6.45) is 7.43. The fraction of sp³-hybridized carbons (Fsp3) is 0.312. The van der Waals surface area contributed by atoms with Crippen molar-refractivity contribution in [3.63, 3.8) is 0 Å². The van der Waals surface area contributed by atoms with Gasteiger partial charge < -0.3 is 0 Å². The Bertz CT molecular complexity index is 737. The minimum Gasteiger partial charge on any atom is -0.287 e. The maximum Gasteiger partial charge on any atom is 0.137 e. The predicted molar refractivity (Wildman–Crippen MR) is 101 cm³/mol. The van der Waals surface area contributed by atoms with Gasteiger partial charge in [0.2, 0.25) is 0 Å². The summed E-state index contributed by atoms with van der Waals surface area (Å²) in [4.78, 5) is 8.54. The van der Waals surface area contributed by atoms with E-state index in [9.17, 15) is 0 Å². The number of aliphatic imine (C=N–C) groups is 1. The van der Waals surface area contributed by atoms with Gasteiger partial charge in [-0.3, -0.25) is 9.67 Å². The Morgan fingerprint density at radius 2 is 2.26 bits per heavy atom. The van der Waals surface area contributed by atoms with Crippen LogP contribution in [0.2, 0.25) is 5.02 Å². The molecule has 1 atom stereocenters. The molecule has 120 valence electrons. The minimum atomic E-state index is -0.460. The van der Waals surface area contributed by atoms with E-state index >= 15 is 0 Å². The quantitative estimate of drug-likeness (QED) is 0.570. The maximum atomic E-state index is 6.59. The van der Waals surface area contributed by atoms with Crippen LogP contribution in [-0.2, 0) is 12.1 Å².